The largest absolute Gasteiger partial charge is 0.332 e. The van der Waals surface area contributed by atoms with Gasteiger partial charge in [-0.3, -0.25) is 5.32 Å². The van der Waals surface area contributed by atoms with E-state index in [0.717, 1.165) is 56.8 Å². The number of nitrogens with one attached hydrogen (secondary N) is 3. The van der Waals surface area contributed by atoms with Crippen LogP contribution in [0, 0.1) is 11.3 Å². The first-order chi connectivity index (χ1) is 10.7. The van der Waals surface area contributed by atoms with Crippen LogP contribution in [0.5, 0.6) is 0 Å². The molecule has 0 aliphatic heterocycles. The summed E-state index contributed by atoms with van der Waals surface area (Å²) in [6.45, 7) is 10.9. The zero-order valence-electron chi connectivity index (χ0n) is 14.3. The maximum atomic E-state index is 9.62. The molecule has 0 bridgehead atoms. The van der Waals surface area contributed by atoms with Crippen LogP contribution in [0.3, 0.4) is 0 Å². The fraction of sp³-hybridized carbons (Fsp3) is 0.667. The van der Waals surface area contributed by atoms with Crippen molar-refractivity contribution in [2.45, 2.75) is 52.9 Å². The van der Waals surface area contributed by atoms with Crippen molar-refractivity contribution in [1.29, 1.82) is 5.26 Å². The monoisotopic (exact) mass is 302 g/mol. The van der Waals surface area contributed by atoms with Gasteiger partial charge in [-0.05, 0) is 50.7 Å². The smallest absolute Gasteiger partial charge is 0.291 e. The number of aromatic nitrogens is 1. The molecule has 1 heterocycles. The second-order valence-corrected chi connectivity index (χ2v) is 6.12. The van der Waals surface area contributed by atoms with Gasteiger partial charge in [0.25, 0.3) is 5.82 Å². The number of hydrogen-bond acceptors (Lipinski definition) is 2. The Balaban J connectivity index is 2.22. The fourth-order valence-corrected chi connectivity index (χ4v) is 3.48. The van der Waals surface area contributed by atoms with Crippen LogP contribution in [0.25, 0.3) is 0 Å². The highest BCUT2D eigenvalue weighted by Crippen LogP contribution is 2.28. The minimum Gasteiger partial charge on any atom is -0.332 e. The minimum atomic E-state index is 0.849. The summed E-state index contributed by atoms with van der Waals surface area (Å²) in [5, 5.41) is 13.1. The first kappa shape index (κ1) is 16.8. The molecular formula is C18H30N4+2. The highest BCUT2D eigenvalue weighted by atomic mass is 15.1. The molecule has 0 atom stereocenters. The SMILES string of the molecule is CCc1[nH+]c(NCC[NH+](CC)CC)c(C#N)c2c1CCCC2. The molecule has 0 unspecified atom stereocenters. The molecule has 0 radical (unpaired) electrons. The maximum Gasteiger partial charge on any atom is 0.291 e. The number of quaternary nitrogens is 1. The number of aromatic amines is 1. The molecule has 0 fully saturated rings. The second-order valence-electron chi connectivity index (χ2n) is 6.12. The third-order valence-electron chi connectivity index (χ3n) is 4.91. The van der Waals surface area contributed by atoms with E-state index in [-0.39, 0.29) is 0 Å². The Hall–Kier alpha value is -1.60. The Morgan fingerprint density at radius 3 is 2.41 bits per heavy atom. The Bertz CT molecular complexity index is 541. The molecular weight excluding hydrogens is 272 g/mol. The molecule has 0 saturated heterocycles. The van der Waals surface area contributed by atoms with E-state index < -0.39 is 0 Å². The third kappa shape index (κ3) is 3.59. The van der Waals surface area contributed by atoms with Gasteiger partial charge < -0.3 is 4.90 Å². The van der Waals surface area contributed by atoms with Crippen LogP contribution in [0.4, 0.5) is 5.82 Å². The van der Waals surface area contributed by atoms with Gasteiger partial charge in [-0.1, -0.05) is 6.92 Å². The zero-order chi connectivity index (χ0) is 15.9. The van der Waals surface area contributed by atoms with Gasteiger partial charge in [0.2, 0.25) is 0 Å². The van der Waals surface area contributed by atoms with Crippen molar-refractivity contribution in [2.24, 2.45) is 0 Å². The van der Waals surface area contributed by atoms with Crippen LogP contribution in [0.2, 0.25) is 0 Å². The zero-order valence-corrected chi connectivity index (χ0v) is 14.3. The van der Waals surface area contributed by atoms with Crippen molar-refractivity contribution >= 4 is 5.82 Å². The molecule has 0 saturated carbocycles. The van der Waals surface area contributed by atoms with Crippen LogP contribution in [0.15, 0.2) is 0 Å². The number of nitrogens with zero attached hydrogens (tertiary/aromatic N) is 1. The van der Waals surface area contributed by atoms with Crippen LogP contribution >= 0.6 is 0 Å². The van der Waals surface area contributed by atoms with E-state index in [1.807, 2.05) is 0 Å². The Morgan fingerprint density at radius 1 is 1.14 bits per heavy atom. The molecule has 1 aliphatic carbocycles. The number of rotatable bonds is 7. The lowest BCUT2D eigenvalue weighted by Gasteiger charge is -2.19. The Morgan fingerprint density at radius 2 is 1.82 bits per heavy atom. The molecule has 22 heavy (non-hydrogen) atoms. The third-order valence-corrected chi connectivity index (χ3v) is 4.91. The van der Waals surface area contributed by atoms with E-state index in [9.17, 15) is 5.26 Å². The van der Waals surface area contributed by atoms with Crippen molar-refractivity contribution in [3.05, 3.63) is 22.4 Å². The standard InChI is InChI=1S/C18H28N4/c1-4-17-15-10-8-7-9-14(15)16(13-19)18(21-17)20-11-12-22(5-2)6-3/h4-12H2,1-3H3,(H,20,21)/p+2. The highest BCUT2D eigenvalue weighted by Gasteiger charge is 2.24. The number of hydrogen-bond donors (Lipinski definition) is 2. The Kier molecular flexibility index (Phi) is 6.21. The summed E-state index contributed by atoms with van der Waals surface area (Å²) in [6.07, 6.45) is 5.63. The summed E-state index contributed by atoms with van der Waals surface area (Å²) >= 11 is 0. The predicted octanol–water partition coefficient (Wildman–Crippen LogP) is 1.15. The first-order valence-electron chi connectivity index (χ1n) is 8.82. The minimum absolute atomic E-state index is 0.849. The lowest BCUT2D eigenvalue weighted by molar-refractivity contribution is -0.894. The van der Waals surface area contributed by atoms with Gasteiger partial charge in [0.1, 0.15) is 30.4 Å². The van der Waals surface area contributed by atoms with E-state index >= 15 is 0 Å². The quantitative estimate of drug-likeness (QED) is 0.794. The summed E-state index contributed by atoms with van der Waals surface area (Å²) < 4.78 is 0. The molecule has 1 aromatic rings. The normalized spacial score (nSPS) is 13.8. The summed E-state index contributed by atoms with van der Waals surface area (Å²) in [7, 11) is 0. The van der Waals surface area contributed by atoms with Gasteiger partial charge in [0.05, 0.1) is 13.1 Å². The molecule has 0 amide bonds. The van der Waals surface area contributed by atoms with Gasteiger partial charge in [-0.25, -0.2) is 4.98 Å². The molecule has 4 heteroatoms. The molecule has 120 valence electrons. The average molecular weight is 302 g/mol. The van der Waals surface area contributed by atoms with E-state index in [1.54, 1.807) is 4.90 Å². The number of H-pyrrole nitrogens is 1. The van der Waals surface area contributed by atoms with Crippen LogP contribution in [-0.2, 0) is 19.3 Å². The number of pyridine rings is 1. The molecule has 1 aliphatic rings. The van der Waals surface area contributed by atoms with Crippen LogP contribution < -0.4 is 15.2 Å². The van der Waals surface area contributed by atoms with Crippen molar-refractivity contribution in [2.75, 3.05) is 31.5 Å². The number of fused-ring (bicyclic) bond motifs is 1. The van der Waals surface area contributed by atoms with E-state index in [0.29, 0.717) is 0 Å². The summed E-state index contributed by atoms with van der Waals surface area (Å²) in [4.78, 5) is 5.09. The highest BCUT2D eigenvalue weighted by molar-refractivity contribution is 5.56. The summed E-state index contributed by atoms with van der Waals surface area (Å²) in [6, 6.07) is 2.44. The van der Waals surface area contributed by atoms with Crippen LogP contribution in [0.1, 0.15) is 56.0 Å². The van der Waals surface area contributed by atoms with Gasteiger partial charge >= 0.3 is 0 Å². The number of anilines is 1. The van der Waals surface area contributed by atoms with Crippen molar-refractivity contribution in [1.82, 2.24) is 0 Å². The number of aryl methyl sites for hydroxylation is 1. The number of nitriles is 1. The molecule has 3 N–H and O–H groups in total. The molecule has 0 spiro atoms. The van der Waals surface area contributed by atoms with E-state index in [4.69, 9.17) is 0 Å². The summed E-state index contributed by atoms with van der Waals surface area (Å²) in [5.74, 6) is 0.937. The lowest BCUT2D eigenvalue weighted by atomic mass is 9.87. The second kappa shape index (κ2) is 8.14. The maximum absolute atomic E-state index is 9.62. The first-order valence-corrected chi connectivity index (χ1v) is 8.82. The predicted molar refractivity (Wildman–Crippen MR) is 89.1 cm³/mol. The van der Waals surface area contributed by atoms with E-state index in [2.05, 4.69) is 37.1 Å². The molecule has 4 nitrogen and oxygen atoms in total. The van der Waals surface area contributed by atoms with Gasteiger partial charge in [-0.15, -0.1) is 0 Å². The number of likely N-dealkylation sites (N-methyl/N-ethyl adjacent to an activating group) is 1. The lowest BCUT2D eigenvalue weighted by Crippen LogP contribution is -3.12. The fourth-order valence-electron chi connectivity index (χ4n) is 3.48. The van der Waals surface area contributed by atoms with Gasteiger partial charge in [-0.2, -0.15) is 5.26 Å². The van der Waals surface area contributed by atoms with Crippen molar-refractivity contribution < 1.29 is 9.88 Å². The topological polar surface area (TPSA) is 54.4 Å². The van der Waals surface area contributed by atoms with Crippen molar-refractivity contribution in [3.63, 3.8) is 0 Å². The van der Waals surface area contributed by atoms with Crippen molar-refractivity contribution in [3.8, 4) is 6.07 Å². The molecule has 2 rings (SSSR count). The Labute approximate surface area is 134 Å². The molecule has 1 aromatic heterocycles. The summed E-state index contributed by atoms with van der Waals surface area (Å²) in [5.41, 5.74) is 4.86. The van der Waals surface area contributed by atoms with Crippen LogP contribution in [-0.4, -0.2) is 26.2 Å². The average Bonchev–Trinajstić information content (AvgIpc) is 2.57. The molecule has 0 aromatic carbocycles. The van der Waals surface area contributed by atoms with E-state index in [1.165, 1.54) is 29.7 Å². The van der Waals surface area contributed by atoms with Gasteiger partial charge in [0.15, 0.2) is 0 Å². The van der Waals surface area contributed by atoms with Gasteiger partial charge in [0, 0.05) is 6.42 Å².